The molecule has 5 aliphatic rings. The molecule has 2 aromatic rings. The van der Waals surface area contributed by atoms with E-state index in [1.54, 1.807) is 0 Å². The molecule has 3 aliphatic heterocycles. The maximum atomic E-state index is 13.3. The quantitative estimate of drug-likeness (QED) is 0.687. The number of amides is 2. The predicted molar refractivity (Wildman–Crippen MR) is 126 cm³/mol. The first-order valence-electron chi connectivity index (χ1n) is 12.1. The van der Waals surface area contributed by atoms with Crippen molar-refractivity contribution in [2.24, 2.45) is 5.41 Å². The van der Waals surface area contributed by atoms with Crippen molar-refractivity contribution in [2.75, 3.05) is 19.8 Å². The number of carbonyl (C=O) groups is 3. The van der Waals surface area contributed by atoms with Gasteiger partial charge in [-0.3, -0.25) is 4.79 Å². The molecule has 2 aliphatic carbocycles. The lowest BCUT2D eigenvalue weighted by Crippen LogP contribution is -2.59. The monoisotopic (exact) mass is 476 g/mol. The second kappa shape index (κ2) is 7.81. The highest BCUT2D eigenvalue weighted by atomic mass is 16.6. The Balaban J connectivity index is 1.12. The molecule has 1 saturated carbocycles. The summed E-state index contributed by atoms with van der Waals surface area (Å²) in [6, 6.07) is 15.7. The summed E-state index contributed by atoms with van der Waals surface area (Å²) >= 11 is 0. The van der Waals surface area contributed by atoms with Crippen molar-refractivity contribution >= 4 is 18.0 Å². The molecule has 3 saturated heterocycles. The molecule has 8 heteroatoms. The molecule has 3 heterocycles. The number of ether oxygens (including phenoxy) is 2. The summed E-state index contributed by atoms with van der Waals surface area (Å²) in [6.07, 6.45) is -0.136. The van der Waals surface area contributed by atoms with E-state index in [0.29, 0.717) is 32.4 Å². The molecule has 0 spiro atoms. The highest BCUT2D eigenvalue weighted by Gasteiger charge is 2.69. The van der Waals surface area contributed by atoms with E-state index in [0.717, 1.165) is 22.3 Å². The van der Waals surface area contributed by atoms with Gasteiger partial charge < -0.3 is 24.8 Å². The average molecular weight is 477 g/mol. The van der Waals surface area contributed by atoms with E-state index >= 15 is 0 Å². The molecule has 2 N–H and O–H groups in total. The Labute approximate surface area is 203 Å². The van der Waals surface area contributed by atoms with Crippen LogP contribution in [-0.4, -0.2) is 65.4 Å². The molecular formula is C27H28N2O6. The Morgan fingerprint density at radius 2 is 1.71 bits per heavy atom. The summed E-state index contributed by atoms with van der Waals surface area (Å²) in [7, 11) is 0. The van der Waals surface area contributed by atoms with E-state index in [4.69, 9.17) is 9.47 Å². The Morgan fingerprint density at radius 1 is 1.09 bits per heavy atom. The maximum absolute atomic E-state index is 13.3. The number of hydrogen-bond acceptors (Lipinski definition) is 5. The van der Waals surface area contributed by atoms with Gasteiger partial charge >= 0.3 is 12.1 Å². The summed E-state index contributed by atoms with van der Waals surface area (Å²) in [5, 5.41) is 12.6. The molecule has 35 heavy (non-hydrogen) atoms. The van der Waals surface area contributed by atoms with Gasteiger partial charge in [-0.15, -0.1) is 0 Å². The molecule has 0 aromatic heterocycles. The zero-order valence-corrected chi connectivity index (χ0v) is 19.5. The van der Waals surface area contributed by atoms with Crippen molar-refractivity contribution < 1.29 is 29.0 Å². The lowest BCUT2D eigenvalue weighted by molar-refractivity contribution is -0.163. The number of carboxylic acid groups (broad SMARTS) is 1. The number of aliphatic carboxylic acids is 1. The van der Waals surface area contributed by atoms with Crippen LogP contribution in [0.5, 0.6) is 0 Å². The molecule has 0 radical (unpaired) electrons. The Bertz CT molecular complexity index is 1170. The number of alkyl carbamates (subject to hydrolysis) is 1. The highest BCUT2D eigenvalue weighted by Crippen LogP contribution is 2.59. The summed E-state index contributed by atoms with van der Waals surface area (Å²) in [6.45, 7) is 2.90. The van der Waals surface area contributed by atoms with Gasteiger partial charge in [0.2, 0.25) is 0 Å². The number of carbonyl (C=O) groups excluding carboxylic acids is 2. The van der Waals surface area contributed by atoms with Crippen molar-refractivity contribution in [3.63, 3.8) is 0 Å². The molecule has 7 rings (SSSR count). The zero-order valence-electron chi connectivity index (χ0n) is 19.5. The minimum Gasteiger partial charge on any atom is -0.479 e. The van der Waals surface area contributed by atoms with Crippen molar-refractivity contribution in [3.05, 3.63) is 59.7 Å². The van der Waals surface area contributed by atoms with Crippen LogP contribution in [0, 0.1) is 5.41 Å². The molecule has 2 amide bonds. The summed E-state index contributed by atoms with van der Waals surface area (Å²) in [4.78, 5) is 39.5. The highest BCUT2D eigenvalue weighted by molar-refractivity contribution is 5.92. The molecule has 182 valence electrons. The molecule has 0 unspecified atom stereocenters. The van der Waals surface area contributed by atoms with Crippen molar-refractivity contribution in [1.29, 1.82) is 0 Å². The number of carboxylic acids is 1. The van der Waals surface area contributed by atoms with E-state index in [1.807, 2.05) is 31.2 Å². The minimum atomic E-state index is -1.15. The second-order valence-corrected chi connectivity index (χ2v) is 10.6. The third kappa shape index (κ3) is 3.34. The lowest BCUT2D eigenvalue weighted by Gasteiger charge is -2.43. The SMILES string of the molecule is CC12CN(C(=O)[C@H]3OCC[C@H]3NC(=O)OCC3c4ccccc4-c4ccccc43)C(C(=O)O)(C1)C2. The van der Waals surface area contributed by atoms with Gasteiger partial charge in [0.25, 0.3) is 5.91 Å². The molecule has 2 bridgehead atoms. The van der Waals surface area contributed by atoms with Gasteiger partial charge in [-0.2, -0.15) is 0 Å². The van der Waals surface area contributed by atoms with E-state index < -0.39 is 29.7 Å². The zero-order chi connectivity index (χ0) is 24.4. The minimum absolute atomic E-state index is 0.0574. The van der Waals surface area contributed by atoms with Crippen molar-refractivity contribution in [3.8, 4) is 11.1 Å². The molecule has 2 aromatic carbocycles. The number of hydrogen-bond donors (Lipinski definition) is 2. The molecule has 8 nitrogen and oxygen atoms in total. The van der Waals surface area contributed by atoms with E-state index in [2.05, 4.69) is 29.6 Å². The van der Waals surface area contributed by atoms with Crippen LogP contribution >= 0.6 is 0 Å². The summed E-state index contributed by atoms with van der Waals surface area (Å²) in [5.74, 6) is -1.40. The van der Waals surface area contributed by atoms with Gasteiger partial charge in [-0.1, -0.05) is 55.5 Å². The normalized spacial score (nSPS) is 30.4. The topological polar surface area (TPSA) is 105 Å². The van der Waals surface area contributed by atoms with Gasteiger partial charge in [0.1, 0.15) is 12.1 Å². The second-order valence-electron chi connectivity index (χ2n) is 10.6. The van der Waals surface area contributed by atoms with E-state index in [9.17, 15) is 19.5 Å². The summed E-state index contributed by atoms with van der Waals surface area (Å²) in [5.41, 5.74) is 3.24. The van der Waals surface area contributed by atoms with Gasteiger partial charge in [0.15, 0.2) is 6.10 Å². The number of fused-ring (bicyclic) bond motifs is 4. The van der Waals surface area contributed by atoms with Gasteiger partial charge in [0.05, 0.1) is 6.04 Å². The van der Waals surface area contributed by atoms with Gasteiger partial charge in [-0.25, -0.2) is 9.59 Å². The largest absolute Gasteiger partial charge is 0.479 e. The van der Waals surface area contributed by atoms with E-state index in [-0.39, 0.29) is 23.8 Å². The number of nitrogens with zero attached hydrogens (tertiary/aromatic N) is 1. The molecule has 2 atom stereocenters. The Kier molecular flexibility index (Phi) is 4.93. The fraction of sp³-hybridized carbons (Fsp3) is 0.444. The third-order valence-corrected chi connectivity index (χ3v) is 8.14. The van der Waals surface area contributed by atoms with E-state index in [1.165, 1.54) is 4.90 Å². The van der Waals surface area contributed by atoms with Crippen LogP contribution in [-0.2, 0) is 19.1 Å². The first-order chi connectivity index (χ1) is 16.8. The number of nitrogens with one attached hydrogen (secondary N) is 1. The smallest absolute Gasteiger partial charge is 0.407 e. The van der Waals surface area contributed by atoms with Crippen LogP contribution in [0.3, 0.4) is 0 Å². The average Bonchev–Trinajstić information content (AvgIpc) is 3.56. The van der Waals surface area contributed by atoms with Crippen LogP contribution in [0.2, 0.25) is 0 Å². The number of benzene rings is 2. The maximum Gasteiger partial charge on any atom is 0.407 e. The molecular weight excluding hydrogens is 448 g/mol. The molecule has 4 fully saturated rings. The van der Waals surface area contributed by atoms with Crippen LogP contribution in [0.25, 0.3) is 11.1 Å². The van der Waals surface area contributed by atoms with Crippen LogP contribution in [0.4, 0.5) is 4.79 Å². The lowest BCUT2D eigenvalue weighted by atomic mass is 9.63. The fourth-order valence-electron chi connectivity index (χ4n) is 6.68. The first kappa shape index (κ1) is 22.1. The predicted octanol–water partition coefficient (Wildman–Crippen LogP) is 3.15. The fourth-order valence-corrected chi connectivity index (χ4v) is 6.68. The van der Waals surface area contributed by atoms with Gasteiger partial charge in [-0.05, 0) is 46.9 Å². The Hall–Kier alpha value is -3.39. The van der Waals surface area contributed by atoms with Gasteiger partial charge in [0, 0.05) is 19.1 Å². The summed E-state index contributed by atoms with van der Waals surface area (Å²) < 4.78 is 11.3. The van der Waals surface area contributed by atoms with Crippen LogP contribution < -0.4 is 5.32 Å². The van der Waals surface area contributed by atoms with Crippen LogP contribution in [0.1, 0.15) is 43.2 Å². The van der Waals surface area contributed by atoms with Crippen LogP contribution in [0.15, 0.2) is 48.5 Å². The third-order valence-electron chi connectivity index (χ3n) is 8.14. The first-order valence-corrected chi connectivity index (χ1v) is 12.1. The number of rotatable bonds is 5. The Morgan fingerprint density at radius 3 is 2.34 bits per heavy atom. The standard InChI is InChI=1S/C27H28N2O6/c1-26-13-27(14-26,24(31)32)29(15-26)23(30)22-21(10-11-34-22)28-25(33)35-12-20-18-8-4-2-6-16(18)17-7-3-5-9-19(17)20/h2-9,20-22H,10-15H2,1H3,(H,28,33)(H,31,32)/t21-,22+,26?,27?/m1/s1. The van der Waals surface area contributed by atoms with Crippen molar-refractivity contribution in [2.45, 2.75) is 49.8 Å². The van der Waals surface area contributed by atoms with Crippen molar-refractivity contribution in [1.82, 2.24) is 10.2 Å².